The Hall–Kier alpha value is -3.14. The normalized spacial score (nSPS) is 16.0. The van der Waals surface area contributed by atoms with Crippen molar-refractivity contribution in [2.75, 3.05) is 58.4 Å². The van der Waals surface area contributed by atoms with Crippen LogP contribution in [0, 0.1) is 0 Å². The van der Waals surface area contributed by atoms with Gasteiger partial charge in [0.25, 0.3) is 11.8 Å². The molecule has 10 nitrogen and oxygen atoms in total. The highest BCUT2D eigenvalue weighted by Gasteiger charge is 2.35. The Balaban J connectivity index is 1.59. The minimum atomic E-state index is -0.380. The fraction of sp³-hybridized carbons (Fsp3) is 0.500. The van der Waals surface area contributed by atoms with E-state index in [-0.39, 0.29) is 36.0 Å². The second kappa shape index (κ2) is 9.57. The highest BCUT2D eigenvalue weighted by molar-refractivity contribution is 6.21. The summed E-state index contributed by atoms with van der Waals surface area (Å²) in [4.78, 5) is 53.7. The van der Waals surface area contributed by atoms with Gasteiger partial charge in [0.05, 0.1) is 17.7 Å². The van der Waals surface area contributed by atoms with Crippen LogP contribution in [-0.4, -0.2) is 91.7 Å². The molecule has 1 N–H and O–H groups in total. The standard InChI is InChI=1S/C20H26N4O6/c1-3-30-20(28)23-10-8-22(9-11-23)19(27)21-14-5-6-15-16(13-14)18(26)24(17(15)25)7-4-12-29-2/h5-6,13H,3-4,7-12H2,1-2H3,(H,21,27). The minimum absolute atomic E-state index is 0.280. The van der Waals surface area contributed by atoms with Crippen LogP contribution >= 0.6 is 0 Å². The van der Waals surface area contributed by atoms with E-state index in [0.717, 1.165) is 0 Å². The third-order valence-corrected chi connectivity index (χ3v) is 5.05. The molecule has 2 aliphatic heterocycles. The molecule has 0 aliphatic carbocycles. The van der Waals surface area contributed by atoms with Crippen LogP contribution in [0.5, 0.6) is 0 Å². The molecule has 0 aromatic heterocycles. The Kier molecular flexibility index (Phi) is 6.88. The number of carbonyl (C=O) groups is 4. The summed E-state index contributed by atoms with van der Waals surface area (Å²) in [5.74, 6) is -0.704. The van der Waals surface area contributed by atoms with Gasteiger partial charge in [-0.3, -0.25) is 14.5 Å². The first kappa shape index (κ1) is 21.6. The quantitative estimate of drug-likeness (QED) is 0.556. The lowest BCUT2D eigenvalue weighted by Crippen LogP contribution is -2.51. The Labute approximate surface area is 174 Å². The van der Waals surface area contributed by atoms with Crippen molar-refractivity contribution in [3.63, 3.8) is 0 Å². The smallest absolute Gasteiger partial charge is 0.409 e. The van der Waals surface area contributed by atoms with Gasteiger partial charge in [0, 0.05) is 52.1 Å². The van der Waals surface area contributed by atoms with Crippen molar-refractivity contribution in [2.24, 2.45) is 0 Å². The van der Waals surface area contributed by atoms with Crippen molar-refractivity contribution < 1.29 is 28.7 Å². The second-order valence-electron chi connectivity index (χ2n) is 6.97. The molecule has 1 fully saturated rings. The molecule has 30 heavy (non-hydrogen) atoms. The van der Waals surface area contributed by atoms with E-state index in [1.54, 1.807) is 36.0 Å². The van der Waals surface area contributed by atoms with E-state index >= 15 is 0 Å². The zero-order chi connectivity index (χ0) is 21.7. The second-order valence-corrected chi connectivity index (χ2v) is 6.97. The first-order valence-corrected chi connectivity index (χ1v) is 9.93. The number of rotatable bonds is 6. The van der Waals surface area contributed by atoms with Gasteiger partial charge in [0.1, 0.15) is 0 Å². The maximum Gasteiger partial charge on any atom is 0.409 e. The van der Waals surface area contributed by atoms with E-state index in [4.69, 9.17) is 9.47 Å². The molecule has 1 aromatic rings. The third kappa shape index (κ3) is 4.54. The molecule has 10 heteroatoms. The van der Waals surface area contributed by atoms with Crippen molar-refractivity contribution in [2.45, 2.75) is 13.3 Å². The highest BCUT2D eigenvalue weighted by atomic mass is 16.6. The fourth-order valence-corrected chi connectivity index (χ4v) is 3.45. The molecule has 0 atom stereocenters. The summed E-state index contributed by atoms with van der Waals surface area (Å²) in [6.45, 7) is 4.32. The number of hydrogen-bond donors (Lipinski definition) is 1. The number of piperazine rings is 1. The first-order chi connectivity index (χ1) is 14.5. The largest absolute Gasteiger partial charge is 0.450 e. The Bertz CT molecular complexity index is 835. The summed E-state index contributed by atoms with van der Waals surface area (Å²) in [6.07, 6.45) is 0.179. The van der Waals surface area contributed by atoms with E-state index in [9.17, 15) is 19.2 Å². The van der Waals surface area contributed by atoms with Crippen molar-refractivity contribution in [3.05, 3.63) is 29.3 Å². The molecule has 0 spiro atoms. The predicted octanol–water partition coefficient (Wildman–Crippen LogP) is 1.63. The monoisotopic (exact) mass is 418 g/mol. The summed E-state index contributed by atoms with van der Waals surface area (Å²) >= 11 is 0. The van der Waals surface area contributed by atoms with Gasteiger partial charge < -0.3 is 24.6 Å². The van der Waals surface area contributed by atoms with Crippen LogP contribution in [0.3, 0.4) is 0 Å². The molecular formula is C20H26N4O6. The highest BCUT2D eigenvalue weighted by Crippen LogP contribution is 2.26. The number of urea groups is 1. The number of imide groups is 1. The van der Waals surface area contributed by atoms with Crippen molar-refractivity contribution in [1.29, 1.82) is 0 Å². The third-order valence-electron chi connectivity index (χ3n) is 5.05. The minimum Gasteiger partial charge on any atom is -0.450 e. The molecule has 0 radical (unpaired) electrons. The molecule has 1 saturated heterocycles. The maximum atomic E-state index is 12.6. The number of amides is 5. The predicted molar refractivity (Wildman–Crippen MR) is 107 cm³/mol. The van der Waals surface area contributed by atoms with Gasteiger partial charge in [0.15, 0.2) is 0 Å². The van der Waals surface area contributed by atoms with Crippen molar-refractivity contribution in [3.8, 4) is 0 Å². The number of nitrogens with zero attached hydrogens (tertiary/aromatic N) is 3. The Morgan fingerprint density at radius 3 is 2.37 bits per heavy atom. The molecule has 162 valence electrons. The molecule has 0 unspecified atom stereocenters. The van der Waals surface area contributed by atoms with Gasteiger partial charge in [-0.25, -0.2) is 9.59 Å². The van der Waals surface area contributed by atoms with E-state index in [2.05, 4.69) is 5.32 Å². The van der Waals surface area contributed by atoms with Gasteiger partial charge >= 0.3 is 12.1 Å². The summed E-state index contributed by atoms with van der Waals surface area (Å²) in [5, 5.41) is 2.76. The zero-order valence-corrected chi connectivity index (χ0v) is 17.2. The summed E-state index contributed by atoms with van der Waals surface area (Å²) < 4.78 is 9.94. The zero-order valence-electron chi connectivity index (χ0n) is 17.2. The number of methoxy groups -OCH3 is 1. The molecule has 1 aromatic carbocycles. The van der Waals surface area contributed by atoms with Crippen molar-refractivity contribution in [1.82, 2.24) is 14.7 Å². The van der Waals surface area contributed by atoms with Gasteiger partial charge in [-0.15, -0.1) is 0 Å². The van der Waals surface area contributed by atoms with E-state index in [1.165, 1.54) is 11.0 Å². The molecule has 2 heterocycles. The van der Waals surface area contributed by atoms with Crippen molar-refractivity contribution >= 4 is 29.6 Å². The van der Waals surface area contributed by atoms with Gasteiger partial charge in [-0.1, -0.05) is 0 Å². The van der Waals surface area contributed by atoms with Gasteiger partial charge in [-0.2, -0.15) is 0 Å². The number of hydrogen-bond acceptors (Lipinski definition) is 6. The Morgan fingerprint density at radius 2 is 1.70 bits per heavy atom. The van der Waals surface area contributed by atoms with Crippen LogP contribution in [0.25, 0.3) is 0 Å². The van der Waals surface area contributed by atoms with Crippen LogP contribution in [0.4, 0.5) is 15.3 Å². The molecule has 0 bridgehead atoms. The number of benzene rings is 1. The molecule has 3 rings (SSSR count). The van der Waals surface area contributed by atoms with Crippen LogP contribution in [0.15, 0.2) is 18.2 Å². The maximum absolute atomic E-state index is 12.6. The molecular weight excluding hydrogens is 392 g/mol. The van der Waals surface area contributed by atoms with Crippen LogP contribution in [-0.2, 0) is 9.47 Å². The topological polar surface area (TPSA) is 108 Å². The SMILES string of the molecule is CCOC(=O)N1CCN(C(=O)Nc2ccc3c(c2)C(=O)N(CCCOC)C3=O)CC1. The lowest BCUT2D eigenvalue weighted by molar-refractivity contribution is 0.0638. The lowest BCUT2D eigenvalue weighted by Gasteiger charge is -2.34. The van der Waals surface area contributed by atoms with Crippen LogP contribution < -0.4 is 5.32 Å². The Morgan fingerprint density at radius 1 is 1.03 bits per heavy atom. The number of fused-ring (bicyclic) bond motifs is 1. The number of anilines is 1. The molecule has 2 aliphatic rings. The summed E-state index contributed by atoms with van der Waals surface area (Å²) in [5.41, 5.74) is 1.05. The lowest BCUT2D eigenvalue weighted by atomic mass is 10.1. The van der Waals surface area contributed by atoms with E-state index in [1.807, 2.05) is 0 Å². The van der Waals surface area contributed by atoms with Crippen LogP contribution in [0.1, 0.15) is 34.1 Å². The average molecular weight is 418 g/mol. The van der Waals surface area contributed by atoms with E-state index in [0.29, 0.717) is 57.1 Å². The number of carbonyl (C=O) groups excluding carboxylic acids is 4. The van der Waals surface area contributed by atoms with Gasteiger partial charge in [-0.05, 0) is 31.5 Å². The summed E-state index contributed by atoms with van der Waals surface area (Å²) in [7, 11) is 1.56. The number of nitrogens with one attached hydrogen (secondary N) is 1. The van der Waals surface area contributed by atoms with Gasteiger partial charge in [0.2, 0.25) is 0 Å². The average Bonchev–Trinajstić information content (AvgIpc) is 2.98. The number of ether oxygens (including phenoxy) is 2. The van der Waals surface area contributed by atoms with Crippen LogP contribution in [0.2, 0.25) is 0 Å². The fourth-order valence-electron chi connectivity index (χ4n) is 3.45. The molecule has 0 saturated carbocycles. The molecule has 5 amide bonds. The van der Waals surface area contributed by atoms with E-state index < -0.39 is 0 Å². The first-order valence-electron chi connectivity index (χ1n) is 9.93. The summed E-state index contributed by atoms with van der Waals surface area (Å²) in [6, 6.07) is 4.36.